The van der Waals surface area contributed by atoms with Gasteiger partial charge in [-0.25, -0.2) is 15.3 Å². The minimum absolute atomic E-state index is 0.130. The summed E-state index contributed by atoms with van der Waals surface area (Å²) in [6.45, 7) is 4.23. The van der Waals surface area contributed by atoms with Crippen molar-refractivity contribution >= 4 is 12.2 Å². The highest BCUT2D eigenvalue weighted by Gasteiger charge is 2.03. The molecule has 0 rings (SSSR count). The van der Waals surface area contributed by atoms with E-state index < -0.39 is 12.2 Å². The van der Waals surface area contributed by atoms with Crippen LogP contribution < -0.4 is 11.1 Å². The van der Waals surface area contributed by atoms with Crippen LogP contribution in [0.15, 0.2) is 0 Å². The van der Waals surface area contributed by atoms with Gasteiger partial charge in [0.15, 0.2) is 0 Å². The largest absolute Gasteiger partial charge is 0.448 e. The number of carbonyl (C=O) groups is 2. The summed E-state index contributed by atoms with van der Waals surface area (Å²) in [5, 5.41) is 2.55. The SMILES string of the molecule is CC(C)OC(=O)NCCCCOC([NH])=O. The van der Waals surface area contributed by atoms with Crippen molar-refractivity contribution < 1.29 is 19.1 Å². The molecule has 1 radical (unpaired) electrons. The van der Waals surface area contributed by atoms with E-state index in [1.165, 1.54) is 0 Å². The quantitative estimate of drug-likeness (QED) is 0.679. The highest BCUT2D eigenvalue weighted by molar-refractivity contribution is 5.67. The van der Waals surface area contributed by atoms with E-state index in [0.29, 0.717) is 19.4 Å². The molecule has 0 aromatic heterocycles. The summed E-state index contributed by atoms with van der Waals surface area (Å²) in [5.74, 6) is 0. The van der Waals surface area contributed by atoms with Gasteiger partial charge in [-0.1, -0.05) is 0 Å². The Morgan fingerprint density at radius 1 is 1.33 bits per heavy atom. The van der Waals surface area contributed by atoms with Gasteiger partial charge in [-0.3, -0.25) is 0 Å². The maximum absolute atomic E-state index is 10.9. The first-order valence-electron chi connectivity index (χ1n) is 4.85. The molecule has 87 valence electrons. The number of unbranched alkanes of at least 4 members (excludes halogenated alkanes) is 1. The summed E-state index contributed by atoms with van der Waals surface area (Å²) in [5.41, 5.74) is 6.45. The molecule has 0 aliphatic carbocycles. The van der Waals surface area contributed by atoms with Crippen molar-refractivity contribution in [3.05, 3.63) is 0 Å². The third kappa shape index (κ3) is 10.5. The smallest absolute Gasteiger partial charge is 0.426 e. The molecular formula is C9H17N2O4. The van der Waals surface area contributed by atoms with E-state index in [0.717, 1.165) is 0 Å². The van der Waals surface area contributed by atoms with Gasteiger partial charge in [-0.2, -0.15) is 0 Å². The van der Waals surface area contributed by atoms with Crippen molar-refractivity contribution in [3.8, 4) is 0 Å². The lowest BCUT2D eigenvalue weighted by Gasteiger charge is -2.09. The molecule has 0 bridgehead atoms. The lowest BCUT2D eigenvalue weighted by atomic mass is 10.3. The second-order valence-electron chi connectivity index (χ2n) is 3.22. The molecule has 6 nitrogen and oxygen atoms in total. The molecule has 0 aromatic rings. The van der Waals surface area contributed by atoms with Crippen molar-refractivity contribution in [1.82, 2.24) is 11.1 Å². The maximum Gasteiger partial charge on any atom is 0.426 e. The third-order valence-electron chi connectivity index (χ3n) is 1.42. The molecule has 0 aromatic carbocycles. The molecule has 0 fully saturated rings. The summed E-state index contributed by atoms with van der Waals surface area (Å²) in [6, 6.07) is 0. The fourth-order valence-electron chi connectivity index (χ4n) is 0.838. The Morgan fingerprint density at radius 3 is 2.53 bits per heavy atom. The number of alkyl carbamates (subject to hydrolysis) is 1. The molecule has 0 atom stereocenters. The van der Waals surface area contributed by atoms with Gasteiger partial charge in [-0.05, 0) is 26.7 Å². The van der Waals surface area contributed by atoms with Gasteiger partial charge in [0.2, 0.25) is 0 Å². The number of carbonyl (C=O) groups excluding carboxylic acids is 2. The van der Waals surface area contributed by atoms with Crippen LogP contribution in [0.4, 0.5) is 9.59 Å². The van der Waals surface area contributed by atoms with Crippen LogP contribution in [0.3, 0.4) is 0 Å². The minimum atomic E-state index is -1.03. The molecule has 0 heterocycles. The summed E-state index contributed by atoms with van der Waals surface area (Å²) < 4.78 is 9.23. The van der Waals surface area contributed by atoms with Crippen LogP contribution >= 0.6 is 0 Å². The van der Waals surface area contributed by atoms with Crippen LogP contribution in [0, 0.1) is 0 Å². The van der Waals surface area contributed by atoms with Crippen LogP contribution in [0.2, 0.25) is 0 Å². The summed E-state index contributed by atoms with van der Waals surface area (Å²) in [6.07, 6.45) is -0.300. The molecular weight excluding hydrogens is 200 g/mol. The normalized spacial score (nSPS) is 9.80. The van der Waals surface area contributed by atoms with Crippen molar-refractivity contribution in [2.24, 2.45) is 0 Å². The Kier molecular flexibility index (Phi) is 7.13. The van der Waals surface area contributed by atoms with E-state index in [1.54, 1.807) is 13.8 Å². The van der Waals surface area contributed by atoms with Gasteiger partial charge in [0.25, 0.3) is 0 Å². The molecule has 6 heteroatoms. The van der Waals surface area contributed by atoms with E-state index in [-0.39, 0.29) is 12.7 Å². The first-order valence-corrected chi connectivity index (χ1v) is 4.85. The molecule has 2 N–H and O–H groups in total. The van der Waals surface area contributed by atoms with E-state index in [4.69, 9.17) is 10.5 Å². The number of nitrogens with one attached hydrogen (secondary N) is 2. The predicted octanol–water partition coefficient (Wildman–Crippen LogP) is 1.32. The standard InChI is InChI=1S/C9H17N2O4/c1-7(2)15-9(13)11-5-3-4-6-14-8(10)12/h7,10H,3-6H2,1-2H3,(H,11,13). The summed E-state index contributed by atoms with van der Waals surface area (Å²) in [7, 11) is 0. The van der Waals surface area contributed by atoms with Crippen molar-refractivity contribution in [3.63, 3.8) is 0 Å². The Morgan fingerprint density at radius 2 is 2.00 bits per heavy atom. The minimum Gasteiger partial charge on any atom is -0.448 e. The van der Waals surface area contributed by atoms with E-state index in [2.05, 4.69) is 10.1 Å². The van der Waals surface area contributed by atoms with E-state index >= 15 is 0 Å². The van der Waals surface area contributed by atoms with Gasteiger partial charge in [0, 0.05) is 6.54 Å². The zero-order chi connectivity index (χ0) is 11.7. The number of rotatable bonds is 6. The summed E-state index contributed by atoms with van der Waals surface area (Å²) in [4.78, 5) is 21.0. The van der Waals surface area contributed by atoms with Gasteiger partial charge >= 0.3 is 12.2 Å². The average molecular weight is 217 g/mol. The highest BCUT2D eigenvalue weighted by atomic mass is 16.6. The fraction of sp³-hybridized carbons (Fsp3) is 0.778. The molecule has 0 spiro atoms. The summed E-state index contributed by atoms with van der Waals surface area (Å²) >= 11 is 0. The predicted molar refractivity (Wildman–Crippen MR) is 53.3 cm³/mol. The van der Waals surface area contributed by atoms with Crippen LogP contribution in [0.1, 0.15) is 26.7 Å². The molecule has 0 saturated heterocycles. The fourth-order valence-corrected chi connectivity index (χ4v) is 0.838. The van der Waals surface area contributed by atoms with Crippen molar-refractivity contribution in [2.45, 2.75) is 32.8 Å². The monoisotopic (exact) mass is 217 g/mol. The van der Waals surface area contributed by atoms with Crippen molar-refractivity contribution in [1.29, 1.82) is 0 Å². The van der Waals surface area contributed by atoms with Crippen LogP contribution in [0.25, 0.3) is 0 Å². The first-order chi connectivity index (χ1) is 7.02. The van der Waals surface area contributed by atoms with Crippen molar-refractivity contribution in [2.75, 3.05) is 13.2 Å². The Balaban J connectivity index is 3.24. The van der Waals surface area contributed by atoms with E-state index in [1.807, 2.05) is 0 Å². The topological polar surface area (TPSA) is 88.4 Å². The third-order valence-corrected chi connectivity index (χ3v) is 1.42. The van der Waals surface area contributed by atoms with Gasteiger partial charge in [-0.15, -0.1) is 0 Å². The zero-order valence-corrected chi connectivity index (χ0v) is 9.04. The number of ether oxygens (including phenoxy) is 2. The lowest BCUT2D eigenvalue weighted by molar-refractivity contribution is 0.115. The Bertz CT molecular complexity index is 206. The van der Waals surface area contributed by atoms with E-state index in [9.17, 15) is 9.59 Å². The highest BCUT2D eigenvalue weighted by Crippen LogP contribution is 1.91. The van der Waals surface area contributed by atoms with Crippen LogP contribution in [-0.2, 0) is 9.47 Å². The molecule has 15 heavy (non-hydrogen) atoms. The van der Waals surface area contributed by atoms with Gasteiger partial charge in [0.05, 0.1) is 12.7 Å². The van der Waals surface area contributed by atoms with Crippen LogP contribution in [0.5, 0.6) is 0 Å². The lowest BCUT2D eigenvalue weighted by Crippen LogP contribution is -2.27. The molecule has 0 aliphatic rings. The molecule has 2 amide bonds. The number of hydrogen-bond donors (Lipinski definition) is 1. The average Bonchev–Trinajstić information content (AvgIpc) is 2.09. The second kappa shape index (κ2) is 7.90. The molecule has 0 saturated carbocycles. The number of amides is 2. The van der Waals surface area contributed by atoms with Crippen LogP contribution in [-0.4, -0.2) is 31.4 Å². The molecule has 0 aliphatic heterocycles. The maximum atomic E-state index is 10.9. The second-order valence-corrected chi connectivity index (χ2v) is 3.22. The first kappa shape index (κ1) is 13.5. The molecule has 0 unspecified atom stereocenters. The Labute approximate surface area is 89.1 Å². The van der Waals surface area contributed by atoms with Gasteiger partial charge < -0.3 is 14.8 Å². The Hall–Kier alpha value is -1.46. The zero-order valence-electron chi connectivity index (χ0n) is 9.04. The number of hydrogen-bond acceptors (Lipinski definition) is 4. The van der Waals surface area contributed by atoms with Gasteiger partial charge in [0.1, 0.15) is 0 Å².